The number of carbonyl (C=O) groups is 1. The highest BCUT2D eigenvalue weighted by Crippen LogP contribution is 2.44. The lowest BCUT2D eigenvalue weighted by Crippen LogP contribution is -2.39. The van der Waals surface area contributed by atoms with Crippen LogP contribution in [0.4, 0.5) is 5.69 Å². The van der Waals surface area contributed by atoms with Crippen LogP contribution < -0.4 is 9.62 Å². The Kier molecular flexibility index (Phi) is 3.89. The van der Waals surface area contributed by atoms with Crippen molar-refractivity contribution in [2.45, 2.75) is 31.7 Å². The fourth-order valence-electron chi connectivity index (χ4n) is 3.79. The SMILES string of the molecule is CN(c1ccccc1C(=O)N[C@H]1C[C@H]2CC[C@H]1C2)S(C)(=O)=O. The van der Waals surface area contributed by atoms with Gasteiger partial charge in [0, 0.05) is 13.1 Å². The number of hydrogen-bond acceptors (Lipinski definition) is 3. The largest absolute Gasteiger partial charge is 0.349 e. The van der Waals surface area contributed by atoms with Gasteiger partial charge in [0.25, 0.3) is 5.91 Å². The highest BCUT2D eigenvalue weighted by atomic mass is 32.2. The normalized spacial score (nSPS) is 26.9. The van der Waals surface area contributed by atoms with Crippen LogP contribution in [0.3, 0.4) is 0 Å². The van der Waals surface area contributed by atoms with Crippen molar-refractivity contribution < 1.29 is 13.2 Å². The summed E-state index contributed by atoms with van der Waals surface area (Å²) >= 11 is 0. The van der Waals surface area contributed by atoms with Crippen LogP contribution >= 0.6 is 0 Å². The third kappa shape index (κ3) is 2.84. The van der Waals surface area contributed by atoms with E-state index in [4.69, 9.17) is 0 Å². The molecule has 1 aromatic rings. The van der Waals surface area contributed by atoms with E-state index in [0.717, 1.165) is 22.9 Å². The van der Waals surface area contributed by atoms with Crippen LogP contribution in [0.25, 0.3) is 0 Å². The second-order valence-electron chi connectivity index (χ2n) is 6.50. The van der Waals surface area contributed by atoms with Gasteiger partial charge < -0.3 is 5.32 Å². The molecular weight excluding hydrogens is 300 g/mol. The van der Waals surface area contributed by atoms with E-state index in [2.05, 4.69) is 5.32 Å². The zero-order valence-electron chi connectivity index (χ0n) is 13.0. The van der Waals surface area contributed by atoms with Crippen molar-refractivity contribution in [1.29, 1.82) is 0 Å². The molecule has 0 spiro atoms. The molecule has 0 aromatic heterocycles. The first-order valence-electron chi connectivity index (χ1n) is 7.70. The monoisotopic (exact) mass is 322 g/mol. The predicted molar refractivity (Wildman–Crippen MR) is 86.4 cm³/mol. The van der Waals surface area contributed by atoms with Gasteiger partial charge in [-0.25, -0.2) is 8.42 Å². The van der Waals surface area contributed by atoms with Gasteiger partial charge in [0.05, 0.1) is 17.5 Å². The number of nitrogens with one attached hydrogen (secondary N) is 1. The molecule has 1 aromatic carbocycles. The third-order valence-electron chi connectivity index (χ3n) is 5.04. The molecule has 0 radical (unpaired) electrons. The molecule has 0 aliphatic heterocycles. The lowest BCUT2D eigenvalue weighted by atomic mass is 9.95. The van der Waals surface area contributed by atoms with Crippen LogP contribution in [0.15, 0.2) is 24.3 Å². The number of rotatable bonds is 4. The van der Waals surface area contributed by atoms with Crippen molar-refractivity contribution in [3.8, 4) is 0 Å². The van der Waals surface area contributed by atoms with Gasteiger partial charge in [-0.15, -0.1) is 0 Å². The van der Waals surface area contributed by atoms with E-state index in [9.17, 15) is 13.2 Å². The van der Waals surface area contributed by atoms with E-state index < -0.39 is 10.0 Å². The summed E-state index contributed by atoms with van der Waals surface area (Å²) in [6.45, 7) is 0. The van der Waals surface area contributed by atoms with Crippen LogP contribution in [0.5, 0.6) is 0 Å². The molecule has 2 aliphatic carbocycles. The molecule has 0 heterocycles. The summed E-state index contributed by atoms with van der Waals surface area (Å²) < 4.78 is 24.7. The maximum Gasteiger partial charge on any atom is 0.253 e. The predicted octanol–water partition coefficient (Wildman–Crippen LogP) is 2.00. The second-order valence-corrected chi connectivity index (χ2v) is 8.52. The average molecular weight is 322 g/mol. The molecule has 2 bridgehead atoms. The molecule has 2 aliphatic rings. The van der Waals surface area contributed by atoms with Crippen molar-refractivity contribution >= 4 is 21.6 Å². The molecule has 0 saturated heterocycles. The smallest absolute Gasteiger partial charge is 0.253 e. The van der Waals surface area contributed by atoms with Gasteiger partial charge in [0.1, 0.15) is 0 Å². The fraction of sp³-hybridized carbons (Fsp3) is 0.562. The standard InChI is InChI=1S/C16H22N2O3S/c1-18(22(2,20)21)15-6-4-3-5-13(15)16(19)17-14-10-11-7-8-12(14)9-11/h3-6,11-12,14H,7-10H2,1-2H3,(H,17,19)/t11-,12-,14-/m0/s1. The number of benzene rings is 1. The Balaban J connectivity index is 1.81. The zero-order chi connectivity index (χ0) is 15.9. The van der Waals surface area contributed by atoms with Crippen LogP contribution in [0.2, 0.25) is 0 Å². The summed E-state index contributed by atoms with van der Waals surface area (Å²) in [5.74, 6) is 1.17. The van der Waals surface area contributed by atoms with Gasteiger partial charge in [0.2, 0.25) is 10.0 Å². The highest BCUT2D eigenvalue weighted by Gasteiger charge is 2.40. The minimum absolute atomic E-state index is 0.177. The van der Waals surface area contributed by atoms with E-state index in [1.807, 2.05) is 0 Å². The van der Waals surface area contributed by atoms with Crippen molar-refractivity contribution in [1.82, 2.24) is 5.32 Å². The van der Waals surface area contributed by atoms with Gasteiger partial charge in [-0.2, -0.15) is 0 Å². The molecule has 3 rings (SSSR count). The maximum atomic E-state index is 12.6. The molecule has 1 amide bonds. The van der Waals surface area contributed by atoms with Crippen molar-refractivity contribution in [3.05, 3.63) is 29.8 Å². The Hall–Kier alpha value is -1.56. The van der Waals surface area contributed by atoms with Crippen LogP contribution in [-0.4, -0.2) is 33.7 Å². The average Bonchev–Trinajstić information content (AvgIpc) is 3.08. The van der Waals surface area contributed by atoms with Gasteiger partial charge in [-0.05, 0) is 43.2 Å². The number of sulfonamides is 1. The molecule has 0 unspecified atom stereocenters. The summed E-state index contributed by atoms with van der Waals surface area (Å²) in [4.78, 5) is 12.6. The Morgan fingerprint density at radius 3 is 2.55 bits per heavy atom. The Morgan fingerprint density at radius 1 is 1.23 bits per heavy atom. The van der Waals surface area contributed by atoms with E-state index >= 15 is 0 Å². The topological polar surface area (TPSA) is 66.5 Å². The highest BCUT2D eigenvalue weighted by molar-refractivity contribution is 7.92. The molecule has 22 heavy (non-hydrogen) atoms. The van der Waals surface area contributed by atoms with Gasteiger partial charge in [-0.1, -0.05) is 18.6 Å². The molecule has 5 nitrogen and oxygen atoms in total. The summed E-state index contributed by atoms with van der Waals surface area (Å²) in [5, 5.41) is 3.11. The molecule has 2 fully saturated rings. The molecular formula is C16H22N2O3S. The first-order valence-corrected chi connectivity index (χ1v) is 9.55. The van der Waals surface area contributed by atoms with E-state index in [1.54, 1.807) is 24.3 Å². The number of anilines is 1. The molecule has 2 saturated carbocycles. The van der Waals surface area contributed by atoms with Crippen LogP contribution in [0.1, 0.15) is 36.0 Å². The summed E-state index contributed by atoms with van der Waals surface area (Å²) in [5.41, 5.74) is 0.837. The summed E-state index contributed by atoms with van der Waals surface area (Å²) in [6, 6.07) is 7.08. The van der Waals surface area contributed by atoms with Crippen molar-refractivity contribution in [2.24, 2.45) is 11.8 Å². The minimum Gasteiger partial charge on any atom is -0.349 e. The van der Waals surface area contributed by atoms with E-state index in [0.29, 0.717) is 17.2 Å². The Bertz CT molecular complexity index is 686. The molecule has 1 N–H and O–H groups in total. The summed E-state index contributed by atoms with van der Waals surface area (Å²) in [6.07, 6.45) is 5.89. The molecule has 3 atom stereocenters. The minimum atomic E-state index is -3.39. The van der Waals surface area contributed by atoms with Crippen molar-refractivity contribution in [2.75, 3.05) is 17.6 Å². The third-order valence-corrected chi connectivity index (χ3v) is 6.23. The van der Waals surface area contributed by atoms with Gasteiger partial charge in [0.15, 0.2) is 0 Å². The van der Waals surface area contributed by atoms with Crippen LogP contribution in [0, 0.1) is 11.8 Å². The zero-order valence-corrected chi connectivity index (χ0v) is 13.8. The van der Waals surface area contributed by atoms with E-state index in [1.165, 1.54) is 26.3 Å². The van der Waals surface area contributed by atoms with Gasteiger partial charge in [-0.3, -0.25) is 9.10 Å². The quantitative estimate of drug-likeness (QED) is 0.922. The number of carbonyl (C=O) groups excluding carboxylic acids is 1. The lowest BCUT2D eigenvalue weighted by molar-refractivity contribution is 0.0923. The summed E-state index contributed by atoms with van der Waals surface area (Å²) in [7, 11) is -1.92. The number of fused-ring (bicyclic) bond motifs is 2. The molecule has 120 valence electrons. The first-order chi connectivity index (χ1) is 10.4. The van der Waals surface area contributed by atoms with E-state index in [-0.39, 0.29) is 11.9 Å². The Morgan fingerprint density at radius 2 is 1.95 bits per heavy atom. The van der Waals surface area contributed by atoms with Crippen molar-refractivity contribution in [3.63, 3.8) is 0 Å². The van der Waals surface area contributed by atoms with Gasteiger partial charge >= 0.3 is 0 Å². The number of hydrogen-bond donors (Lipinski definition) is 1. The number of amides is 1. The number of nitrogens with zero attached hydrogens (tertiary/aromatic N) is 1. The van der Waals surface area contributed by atoms with Crippen LogP contribution in [-0.2, 0) is 10.0 Å². The Labute approximate surface area is 131 Å². The lowest BCUT2D eigenvalue weighted by Gasteiger charge is -2.25. The molecule has 6 heteroatoms. The second kappa shape index (κ2) is 5.57. The maximum absolute atomic E-state index is 12.6. The fourth-order valence-corrected chi connectivity index (χ4v) is 4.30. The number of para-hydroxylation sites is 1. The first kappa shape index (κ1) is 15.3.